The van der Waals surface area contributed by atoms with Crippen molar-refractivity contribution < 1.29 is 14.5 Å². The summed E-state index contributed by atoms with van der Waals surface area (Å²) in [6.07, 6.45) is 0.734. The highest BCUT2D eigenvalue weighted by molar-refractivity contribution is 5.96. The maximum atomic E-state index is 11.4. The zero-order valence-corrected chi connectivity index (χ0v) is 12.2. The van der Waals surface area contributed by atoms with Crippen molar-refractivity contribution in [3.05, 3.63) is 58.1 Å². The Hall–Kier alpha value is -3.09. The van der Waals surface area contributed by atoms with E-state index in [0.29, 0.717) is 23.7 Å². The van der Waals surface area contributed by atoms with Gasteiger partial charge in [0.1, 0.15) is 5.69 Å². The Kier molecular flexibility index (Phi) is 4.09. The standard InChI is InChI=1S/C16H15N3O4/c20-16-10-23-15-9-14(19(21)22)12(8-13(15)18-16)17-7-6-11-4-2-1-3-5-11/h1-5,8-9,17H,6-7,10H2,(H,18,20). The number of nitrogens with zero attached hydrogens (tertiary/aromatic N) is 1. The average Bonchev–Trinajstić information content (AvgIpc) is 2.55. The van der Waals surface area contributed by atoms with Gasteiger partial charge in [0.2, 0.25) is 0 Å². The Morgan fingerprint density at radius 3 is 2.78 bits per heavy atom. The second kappa shape index (κ2) is 6.35. The van der Waals surface area contributed by atoms with E-state index in [1.807, 2.05) is 30.3 Å². The van der Waals surface area contributed by atoms with Gasteiger partial charge in [0, 0.05) is 6.54 Å². The van der Waals surface area contributed by atoms with Gasteiger partial charge in [0.15, 0.2) is 12.4 Å². The van der Waals surface area contributed by atoms with Crippen molar-refractivity contribution in [1.29, 1.82) is 0 Å². The lowest BCUT2D eigenvalue weighted by molar-refractivity contribution is -0.384. The number of nitro groups is 1. The minimum Gasteiger partial charge on any atom is -0.481 e. The van der Waals surface area contributed by atoms with Crippen LogP contribution in [0.25, 0.3) is 0 Å². The molecular weight excluding hydrogens is 298 g/mol. The van der Waals surface area contributed by atoms with Crippen LogP contribution < -0.4 is 15.4 Å². The molecule has 0 aliphatic carbocycles. The highest BCUT2D eigenvalue weighted by Gasteiger charge is 2.23. The van der Waals surface area contributed by atoms with E-state index in [0.717, 1.165) is 12.0 Å². The summed E-state index contributed by atoms with van der Waals surface area (Å²) in [5.74, 6) is 0.0338. The number of carbonyl (C=O) groups is 1. The maximum absolute atomic E-state index is 11.4. The topological polar surface area (TPSA) is 93.5 Å². The third-order valence-electron chi connectivity index (χ3n) is 3.50. The fourth-order valence-electron chi connectivity index (χ4n) is 2.39. The fraction of sp³-hybridized carbons (Fsp3) is 0.188. The molecule has 7 heteroatoms. The first-order valence-corrected chi connectivity index (χ1v) is 7.16. The number of anilines is 2. The molecule has 0 spiro atoms. The van der Waals surface area contributed by atoms with Crippen molar-refractivity contribution in [3.63, 3.8) is 0 Å². The number of hydrogen-bond acceptors (Lipinski definition) is 5. The highest BCUT2D eigenvalue weighted by Crippen LogP contribution is 2.37. The van der Waals surface area contributed by atoms with Crippen LogP contribution in [0.3, 0.4) is 0 Å². The molecule has 1 aliphatic heterocycles. The molecule has 2 aromatic rings. The predicted molar refractivity (Wildman–Crippen MR) is 85.9 cm³/mol. The minimum atomic E-state index is -0.467. The van der Waals surface area contributed by atoms with E-state index < -0.39 is 4.92 Å². The van der Waals surface area contributed by atoms with Crippen LogP contribution in [0, 0.1) is 10.1 Å². The van der Waals surface area contributed by atoms with Crippen LogP contribution in [-0.4, -0.2) is 24.0 Å². The molecule has 0 saturated carbocycles. The summed E-state index contributed by atoms with van der Waals surface area (Å²) in [5, 5.41) is 16.9. The Bertz CT molecular complexity index is 746. The van der Waals surface area contributed by atoms with E-state index in [4.69, 9.17) is 4.74 Å². The van der Waals surface area contributed by atoms with E-state index >= 15 is 0 Å². The van der Waals surface area contributed by atoms with Gasteiger partial charge in [-0.2, -0.15) is 0 Å². The number of carbonyl (C=O) groups excluding carboxylic acids is 1. The van der Waals surface area contributed by atoms with Gasteiger partial charge in [-0.3, -0.25) is 14.9 Å². The molecule has 3 rings (SSSR count). The van der Waals surface area contributed by atoms with Crippen LogP contribution >= 0.6 is 0 Å². The number of amides is 1. The summed E-state index contributed by atoms with van der Waals surface area (Å²) in [5.41, 5.74) is 1.86. The van der Waals surface area contributed by atoms with E-state index in [1.165, 1.54) is 12.1 Å². The second-order valence-electron chi connectivity index (χ2n) is 5.12. The first-order chi connectivity index (χ1) is 11.1. The SMILES string of the molecule is O=C1COc2cc([N+](=O)[O-])c(NCCc3ccccc3)cc2N1. The Morgan fingerprint density at radius 1 is 1.26 bits per heavy atom. The number of rotatable bonds is 5. The molecule has 0 fully saturated rings. The molecule has 0 unspecified atom stereocenters. The number of benzene rings is 2. The Labute approximate surface area is 132 Å². The lowest BCUT2D eigenvalue weighted by atomic mass is 10.1. The largest absolute Gasteiger partial charge is 0.481 e. The molecule has 1 aliphatic rings. The smallest absolute Gasteiger partial charge is 0.296 e. The summed E-state index contributed by atoms with van der Waals surface area (Å²) < 4.78 is 5.21. The zero-order chi connectivity index (χ0) is 16.2. The minimum absolute atomic E-state index is 0.0760. The van der Waals surface area contributed by atoms with Crippen LogP contribution in [-0.2, 0) is 11.2 Å². The summed E-state index contributed by atoms with van der Waals surface area (Å²) in [4.78, 5) is 22.1. The van der Waals surface area contributed by atoms with Crippen molar-refractivity contribution >= 4 is 23.0 Å². The number of nitro benzene ring substituents is 1. The van der Waals surface area contributed by atoms with Crippen LogP contribution in [0.4, 0.5) is 17.1 Å². The first-order valence-electron chi connectivity index (χ1n) is 7.16. The average molecular weight is 313 g/mol. The number of fused-ring (bicyclic) bond motifs is 1. The van der Waals surface area contributed by atoms with Crippen molar-refractivity contribution in [1.82, 2.24) is 0 Å². The Morgan fingerprint density at radius 2 is 2.04 bits per heavy atom. The zero-order valence-electron chi connectivity index (χ0n) is 12.2. The molecule has 23 heavy (non-hydrogen) atoms. The molecule has 0 radical (unpaired) electrons. The van der Waals surface area contributed by atoms with Crippen molar-refractivity contribution in [2.75, 3.05) is 23.8 Å². The van der Waals surface area contributed by atoms with Crippen LogP contribution in [0.1, 0.15) is 5.56 Å². The van der Waals surface area contributed by atoms with Crippen molar-refractivity contribution in [2.24, 2.45) is 0 Å². The normalized spacial score (nSPS) is 12.8. The molecule has 2 aromatic carbocycles. The quantitative estimate of drug-likeness (QED) is 0.653. The summed E-state index contributed by atoms with van der Waals surface area (Å²) >= 11 is 0. The van der Waals surface area contributed by atoms with Crippen molar-refractivity contribution in [2.45, 2.75) is 6.42 Å². The molecule has 1 amide bonds. The van der Waals surface area contributed by atoms with Crippen molar-refractivity contribution in [3.8, 4) is 5.75 Å². The van der Waals surface area contributed by atoms with Gasteiger partial charge in [0.25, 0.3) is 11.6 Å². The van der Waals surface area contributed by atoms with Crippen LogP contribution in [0.5, 0.6) is 5.75 Å². The lowest BCUT2D eigenvalue weighted by Crippen LogP contribution is -2.25. The number of nitrogens with one attached hydrogen (secondary N) is 2. The maximum Gasteiger partial charge on any atom is 0.296 e. The molecule has 0 atom stereocenters. The van der Waals surface area contributed by atoms with E-state index in [2.05, 4.69) is 10.6 Å². The van der Waals surface area contributed by atoms with Crippen LogP contribution in [0.15, 0.2) is 42.5 Å². The molecule has 1 heterocycles. The monoisotopic (exact) mass is 313 g/mol. The van der Waals surface area contributed by atoms with Gasteiger partial charge < -0.3 is 15.4 Å². The third-order valence-corrected chi connectivity index (χ3v) is 3.50. The lowest BCUT2D eigenvalue weighted by Gasteiger charge is -2.19. The second-order valence-corrected chi connectivity index (χ2v) is 5.12. The fourth-order valence-corrected chi connectivity index (χ4v) is 2.39. The van der Waals surface area contributed by atoms with Gasteiger partial charge >= 0.3 is 0 Å². The number of ether oxygens (including phenoxy) is 1. The predicted octanol–water partition coefficient (Wildman–Crippen LogP) is 2.58. The van der Waals surface area contributed by atoms with Gasteiger partial charge in [0.05, 0.1) is 16.7 Å². The van der Waals surface area contributed by atoms with Gasteiger partial charge in [-0.25, -0.2) is 0 Å². The number of hydrogen-bond donors (Lipinski definition) is 2. The molecule has 7 nitrogen and oxygen atoms in total. The molecule has 0 bridgehead atoms. The summed E-state index contributed by atoms with van der Waals surface area (Å²) in [6, 6.07) is 12.7. The molecule has 2 N–H and O–H groups in total. The van der Waals surface area contributed by atoms with Gasteiger partial charge in [-0.1, -0.05) is 30.3 Å². The highest BCUT2D eigenvalue weighted by atomic mass is 16.6. The van der Waals surface area contributed by atoms with Gasteiger partial charge in [-0.15, -0.1) is 0 Å². The molecule has 0 saturated heterocycles. The summed E-state index contributed by atoms with van der Waals surface area (Å²) in [6.45, 7) is 0.406. The van der Waals surface area contributed by atoms with E-state index in [9.17, 15) is 14.9 Å². The van der Waals surface area contributed by atoms with Gasteiger partial charge in [-0.05, 0) is 18.1 Å². The van der Waals surface area contributed by atoms with E-state index in [1.54, 1.807) is 0 Å². The Balaban J connectivity index is 1.78. The first kappa shape index (κ1) is 14.8. The molecular formula is C16H15N3O4. The van der Waals surface area contributed by atoms with E-state index in [-0.39, 0.29) is 18.2 Å². The van der Waals surface area contributed by atoms with Crippen LogP contribution in [0.2, 0.25) is 0 Å². The third kappa shape index (κ3) is 3.39. The molecule has 118 valence electrons. The summed E-state index contributed by atoms with van der Waals surface area (Å²) in [7, 11) is 0. The molecule has 0 aromatic heterocycles.